The number of nitrogens with two attached hydrogens (primary N) is 1. The topological polar surface area (TPSA) is 81.4 Å². The van der Waals surface area contributed by atoms with E-state index in [0.29, 0.717) is 13.2 Å². The van der Waals surface area contributed by atoms with Gasteiger partial charge in [0.2, 0.25) is 10.0 Å². The molecule has 0 bridgehead atoms. The number of sulfonamides is 1. The first kappa shape index (κ1) is 12.3. The SMILES string of the molecule is Nc1ccccc1S(=O)(=O)NC[C@H]1CCCO1. The van der Waals surface area contributed by atoms with E-state index < -0.39 is 10.0 Å². The first-order chi connectivity index (χ1) is 8.09. The van der Waals surface area contributed by atoms with Crippen molar-refractivity contribution < 1.29 is 13.2 Å². The van der Waals surface area contributed by atoms with Gasteiger partial charge >= 0.3 is 0 Å². The number of hydrogen-bond donors (Lipinski definition) is 2. The second kappa shape index (κ2) is 5.03. The van der Waals surface area contributed by atoms with E-state index in [4.69, 9.17) is 10.5 Å². The molecule has 5 nitrogen and oxygen atoms in total. The highest BCUT2D eigenvalue weighted by Gasteiger charge is 2.21. The van der Waals surface area contributed by atoms with Crippen molar-refractivity contribution in [3.63, 3.8) is 0 Å². The van der Waals surface area contributed by atoms with Crippen LogP contribution in [0.15, 0.2) is 29.2 Å². The summed E-state index contributed by atoms with van der Waals surface area (Å²) in [6.45, 7) is 1.01. The Morgan fingerprint density at radius 1 is 1.41 bits per heavy atom. The predicted octanol–water partition coefficient (Wildman–Crippen LogP) is 0.726. The molecular formula is C11H16N2O3S. The summed E-state index contributed by atoms with van der Waals surface area (Å²) in [5, 5.41) is 0. The van der Waals surface area contributed by atoms with Crippen molar-refractivity contribution in [3.8, 4) is 0 Å². The maximum Gasteiger partial charge on any atom is 0.242 e. The van der Waals surface area contributed by atoms with E-state index in [1.54, 1.807) is 18.2 Å². The lowest BCUT2D eigenvalue weighted by Gasteiger charge is -2.12. The quantitative estimate of drug-likeness (QED) is 0.778. The standard InChI is InChI=1S/C11H16N2O3S/c12-10-5-1-2-6-11(10)17(14,15)13-8-9-4-3-7-16-9/h1-2,5-6,9,13H,3-4,7-8,12H2/t9-/m1/s1. The van der Waals surface area contributed by atoms with Crippen LogP contribution in [-0.2, 0) is 14.8 Å². The summed E-state index contributed by atoms with van der Waals surface area (Å²) >= 11 is 0. The van der Waals surface area contributed by atoms with Gasteiger partial charge in [0, 0.05) is 13.2 Å². The molecule has 0 radical (unpaired) electrons. The van der Waals surface area contributed by atoms with Crippen LogP contribution >= 0.6 is 0 Å². The van der Waals surface area contributed by atoms with Crippen LogP contribution in [0.25, 0.3) is 0 Å². The average molecular weight is 256 g/mol. The fourth-order valence-corrected chi connectivity index (χ4v) is 3.01. The van der Waals surface area contributed by atoms with Gasteiger partial charge in [-0.2, -0.15) is 0 Å². The second-order valence-corrected chi connectivity index (χ2v) is 5.76. The summed E-state index contributed by atoms with van der Waals surface area (Å²) in [6, 6.07) is 6.42. The fourth-order valence-electron chi connectivity index (χ4n) is 1.81. The van der Waals surface area contributed by atoms with Gasteiger partial charge < -0.3 is 10.5 Å². The molecule has 6 heteroatoms. The number of rotatable bonds is 4. The van der Waals surface area contributed by atoms with E-state index >= 15 is 0 Å². The zero-order valence-corrected chi connectivity index (χ0v) is 10.2. The molecule has 94 valence electrons. The van der Waals surface area contributed by atoms with Gasteiger partial charge in [0.05, 0.1) is 11.8 Å². The first-order valence-electron chi connectivity index (χ1n) is 5.55. The van der Waals surface area contributed by atoms with E-state index in [0.717, 1.165) is 12.8 Å². The number of hydrogen-bond acceptors (Lipinski definition) is 4. The molecule has 17 heavy (non-hydrogen) atoms. The predicted molar refractivity (Wildman–Crippen MR) is 65.0 cm³/mol. The molecule has 1 aliphatic rings. The fraction of sp³-hybridized carbons (Fsp3) is 0.455. The van der Waals surface area contributed by atoms with Gasteiger partial charge in [0.25, 0.3) is 0 Å². The van der Waals surface area contributed by atoms with E-state index in [-0.39, 0.29) is 16.7 Å². The Morgan fingerprint density at radius 2 is 2.18 bits per heavy atom. The lowest BCUT2D eigenvalue weighted by atomic mass is 10.2. The van der Waals surface area contributed by atoms with E-state index in [1.165, 1.54) is 6.07 Å². The summed E-state index contributed by atoms with van der Waals surface area (Å²) in [4.78, 5) is 0.123. The van der Waals surface area contributed by atoms with E-state index in [2.05, 4.69) is 4.72 Å². The van der Waals surface area contributed by atoms with Gasteiger partial charge in [-0.1, -0.05) is 12.1 Å². The molecule has 0 aromatic heterocycles. The van der Waals surface area contributed by atoms with Crippen molar-refractivity contribution in [1.82, 2.24) is 4.72 Å². The molecule has 1 aromatic carbocycles. The highest BCUT2D eigenvalue weighted by Crippen LogP contribution is 2.17. The van der Waals surface area contributed by atoms with Crippen molar-refractivity contribution in [2.45, 2.75) is 23.8 Å². The van der Waals surface area contributed by atoms with Crippen LogP contribution in [0.4, 0.5) is 5.69 Å². The van der Waals surface area contributed by atoms with Crippen LogP contribution in [-0.4, -0.2) is 27.7 Å². The highest BCUT2D eigenvalue weighted by molar-refractivity contribution is 7.89. The molecule has 0 spiro atoms. The molecule has 0 amide bonds. The minimum absolute atomic E-state index is 0.0188. The van der Waals surface area contributed by atoms with Crippen molar-refractivity contribution in [2.75, 3.05) is 18.9 Å². The summed E-state index contributed by atoms with van der Waals surface area (Å²) < 4.78 is 31.8. The third-order valence-electron chi connectivity index (χ3n) is 2.73. The van der Waals surface area contributed by atoms with Crippen LogP contribution in [0, 0.1) is 0 Å². The van der Waals surface area contributed by atoms with Gasteiger partial charge in [0.15, 0.2) is 0 Å². The summed E-state index contributed by atoms with van der Waals surface area (Å²) in [5.74, 6) is 0. The molecule has 1 heterocycles. The first-order valence-corrected chi connectivity index (χ1v) is 7.04. The maximum atomic E-state index is 12.0. The minimum atomic E-state index is -3.53. The molecule has 1 aliphatic heterocycles. The normalized spacial score (nSPS) is 20.6. The molecule has 2 rings (SSSR count). The Morgan fingerprint density at radius 3 is 2.82 bits per heavy atom. The third kappa shape index (κ3) is 2.96. The number of nitrogen functional groups attached to an aromatic ring is 1. The molecule has 1 atom stereocenters. The Bertz CT molecular complexity index is 481. The zero-order valence-electron chi connectivity index (χ0n) is 9.43. The van der Waals surface area contributed by atoms with Crippen molar-refractivity contribution in [1.29, 1.82) is 0 Å². The molecular weight excluding hydrogens is 240 g/mol. The Hall–Kier alpha value is -1.11. The van der Waals surface area contributed by atoms with Crippen LogP contribution < -0.4 is 10.5 Å². The van der Waals surface area contributed by atoms with E-state index in [1.807, 2.05) is 0 Å². The van der Waals surface area contributed by atoms with Crippen LogP contribution in [0.1, 0.15) is 12.8 Å². The molecule has 3 N–H and O–H groups in total. The van der Waals surface area contributed by atoms with Crippen molar-refractivity contribution in [2.24, 2.45) is 0 Å². The zero-order chi connectivity index (χ0) is 12.3. The molecule has 0 unspecified atom stereocenters. The van der Waals surface area contributed by atoms with Gasteiger partial charge in [-0.3, -0.25) is 0 Å². The van der Waals surface area contributed by atoms with Gasteiger partial charge in [-0.25, -0.2) is 13.1 Å². The molecule has 1 saturated heterocycles. The Balaban J connectivity index is 2.06. The second-order valence-electron chi connectivity index (χ2n) is 4.02. The van der Waals surface area contributed by atoms with Crippen molar-refractivity contribution >= 4 is 15.7 Å². The monoisotopic (exact) mass is 256 g/mol. The largest absolute Gasteiger partial charge is 0.398 e. The van der Waals surface area contributed by atoms with E-state index in [9.17, 15) is 8.42 Å². The van der Waals surface area contributed by atoms with Gasteiger partial charge in [-0.15, -0.1) is 0 Å². The number of anilines is 1. The number of nitrogens with one attached hydrogen (secondary N) is 1. The van der Waals surface area contributed by atoms with Crippen molar-refractivity contribution in [3.05, 3.63) is 24.3 Å². The minimum Gasteiger partial charge on any atom is -0.398 e. The Labute approximate surface area is 101 Å². The lowest BCUT2D eigenvalue weighted by Crippen LogP contribution is -2.32. The summed E-state index contributed by atoms with van der Waals surface area (Å²) in [5.41, 5.74) is 5.90. The summed E-state index contributed by atoms with van der Waals surface area (Å²) in [7, 11) is -3.53. The molecule has 0 aliphatic carbocycles. The van der Waals surface area contributed by atoms with Crippen LogP contribution in [0.3, 0.4) is 0 Å². The number of para-hydroxylation sites is 1. The molecule has 0 saturated carbocycles. The number of benzene rings is 1. The third-order valence-corrected chi connectivity index (χ3v) is 4.23. The highest BCUT2D eigenvalue weighted by atomic mass is 32.2. The maximum absolute atomic E-state index is 12.0. The Kier molecular flexibility index (Phi) is 3.66. The summed E-state index contributed by atoms with van der Waals surface area (Å²) in [6.07, 6.45) is 1.86. The lowest BCUT2D eigenvalue weighted by molar-refractivity contribution is 0.114. The van der Waals surface area contributed by atoms with Crippen LogP contribution in [0.2, 0.25) is 0 Å². The molecule has 1 fully saturated rings. The van der Waals surface area contributed by atoms with Crippen LogP contribution in [0.5, 0.6) is 0 Å². The molecule has 1 aromatic rings. The smallest absolute Gasteiger partial charge is 0.242 e. The van der Waals surface area contributed by atoms with Gasteiger partial charge in [0.1, 0.15) is 4.90 Å². The number of ether oxygens (including phenoxy) is 1. The van der Waals surface area contributed by atoms with Gasteiger partial charge in [-0.05, 0) is 25.0 Å². The average Bonchev–Trinajstić information content (AvgIpc) is 2.80.